The summed E-state index contributed by atoms with van der Waals surface area (Å²) in [5.74, 6) is 0.430. The first-order valence-electron chi connectivity index (χ1n) is 7.30. The quantitative estimate of drug-likeness (QED) is 0.825. The van der Waals surface area contributed by atoms with Crippen molar-refractivity contribution in [2.24, 2.45) is 0 Å². The number of aliphatic hydroxyl groups is 1. The Morgan fingerprint density at radius 3 is 2.52 bits per heavy atom. The van der Waals surface area contributed by atoms with Gasteiger partial charge in [-0.05, 0) is 17.7 Å². The third-order valence-electron chi connectivity index (χ3n) is 3.36. The second kappa shape index (κ2) is 7.94. The van der Waals surface area contributed by atoms with Gasteiger partial charge in [0.25, 0.3) is 5.91 Å². The van der Waals surface area contributed by atoms with Gasteiger partial charge in [-0.1, -0.05) is 41.9 Å². The molecule has 0 aliphatic carbocycles. The summed E-state index contributed by atoms with van der Waals surface area (Å²) >= 11 is 6.02. The number of pyridine rings is 1. The van der Waals surface area contributed by atoms with Gasteiger partial charge in [-0.3, -0.25) is 4.79 Å². The zero-order valence-corrected chi connectivity index (χ0v) is 14.0. The lowest BCUT2D eigenvalue weighted by Gasteiger charge is -2.23. The molecule has 0 fully saturated rings. The first-order chi connectivity index (χ1) is 11.0. The molecule has 0 saturated carbocycles. The molecule has 122 valence electrons. The van der Waals surface area contributed by atoms with Gasteiger partial charge in [0, 0.05) is 32.7 Å². The van der Waals surface area contributed by atoms with Crippen molar-refractivity contribution in [1.82, 2.24) is 9.88 Å². The number of aliphatic hydroxyl groups excluding tert-OH is 1. The van der Waals surface area contributed by atoms with Crippen LogP contribution in [0.5, 0.6) is 0 Å². The van der Waals surface area contributed by atoms with Crippen LogP contribution < -0.4 is 4.90 Å². The van der Waals surface area contributed by atoms with E-state index in [0.717, 1.165) is 5.56 Å². The number of hydrogen-bond donors (Lipinski definition) is 1. The molecule has 6 heteroatoms. The number of rotatable bonds is 6. The van der Waals surface area contributed by atoms with E-state index in [1.165, 1.54) is 0 Å². The molecule has 0 aliphatic rings. The van der Waals surface area contributed by atoms with Crippen LogP contribution in [0.4, 0.5) is 5.82 Å². The fraction of sp³-hybridized carbons (Fsp3) is 0.294. The molecule has 1 heterocycles. The molecule has 1 aromatic carbocycles. The summed E-state index contributed by atoms with van der Waals surface area (Å²) in [5.41, 5.74) is 1.46. The second-order valence-corrected chi connectivity index (χ2v) is 5.75. The third kappa shape index (κ3) is 4.68. The molecule has 0 radical (unpaired) electrons. The molecule has 1 N–H and O–H groups in total. The van der Waals surface area contributed by atoms with E-state index < -0.39 is 0 Å². The van der Waals surface area contributed by atoms with Crippen molar-refractivity contribution in [3.63, 3.8) is 0 Å². The smallest absolute Gasteiger partial charge is 0.254 e. The highest BCUT2D eigenvalue weighted by atomic mass is 35.5. The summed E-state index contributed by atoms with van der Waals surface area (Å²) in [5, 5.41) is 9.53. The Bertz CT molecular complexity index is 662. The van der Waals surface area contributed by atoms with Gasteiger partial charge in [-0.15, -0.1) is 0 Å². The van der Waals surface area contributed by atoms with Crippen LogP contribution in [0.3, 0.4) is 0 Å². The molecule has 5 nitrogen and oxygen atoms in total. The molecule has 0 bridgehead atoms. The van der Waals surface area contributed by atoms with E-state index in [2.05, 4.69) is 4.98 Å². The Morgan fingerprint density at radius 1 is 1.22 bits per heavy atom. The van der Waals surface area contributed by atoms with Crippen LogP contribution in [-0.4, -0.2) is 48.1 Å². The van der Waals surface area contributed by atoms with Gasteiger partial charge in [0.15, 0.2) is 0 Å². The van der Waals surface area contributed by atoms with Crippen LogP contribution >= 0.6 is 11.6 Å². The topological polar surface area (TPSA) is 56.7 Å². The highest BCUT2D eigenvalue weighted by molar-refractivity contribution is 6.29. The normalized spacial score (nSPS) is 10.4. The average Bonchev–Trinajstić information content (AvgIpc) is 2.54. The molecule has 1 aromatic heterocycles. The van der Waals surface area contributed by atoms with E-state index in [-0.39, 0.29) is 24.2 Å². The van der Waals surface area contributed by atoms with Crippen molar-refractivity contribution >= 4 is 23.3 Å². The molecule has 0 saturated heterocycles. The Kier molecular flexibility index (Phi) is 5.96. The number of aromatic nitrogens is 1. The number of amides is 1. The molecular weight excluding hydrogens is 314 g/mol. The molecule has 1 amide bonds. The number of halogens is 1. The summed E-state index contributed by atoms with van der Waals surface area (Å²) in [4.78, 5) is 20.3. The van der Waals surface area contributed by atoms with Gasteiger partial charge in [0.1, 0.15) is 11.0 Å². The van der Waals surface area contributed by atoms with E-state index in [1.54, 1.807) is 21.9 Å². The van der Waals surface area contributed by atoms with E-state index in [1.807, 2.05) is 44.4 Å². The monoisotopic (exact) mass is 333 g/mol. The third-order valence-corrected chi connectivity index (χ3v) is 3.55. The largest absolute Gasteiger partial charge is 0.395 e. The number of carbonyl (C=O) groups excluding carboxylic acids is 1. The van der Waals surface area contributed by atoms with Gasteiger partial charge in [0.05, 0.1) is 6.61 Å². The van der Waals surface area contributed by atoms with Crippen LogP contribution in [0.1, 0.15) is 15.9 Å². The Balaban J connectivity index is 2.27. The molecule has 2 aromatic rings. The van der Waals surface area contributed by atoms with Gasteiger partial charge in [-0.2, -0.15) is 0 Å². The van der Waals surface area contributed by atoms with Gasteiger partial charge in [0.2, 0.25) is 0 Å². The Morgan fingerprint density at radius 2 is 1.91 bits per heavy atom. The zero-order valence-electron chi connectivity index (χ0n) is 13.2. The molecule has 23 heavy (non-hydrogen) atoms. The minimum atomic E-state index is -0.185. The van der Waals surface area contributed by atoms with E-state index in [0.29, 0.717) is 17.9 Å². The van der Waals surface area contributed by atoms with Crippen molar-refractivity contribution < 1.29 is 9.90 Å². The number of benzene rings is 1. The second-order valence-electron chi connectivity index (χ2n) is 5.37. The predicted octanol–water partition coefficient (Wildman–Crippen LogP) is 2.44. The fourth-order valence-corrected chi connectivity index (χ4v) is 2.40. The highest BCUT2D eigenvalue weighted by Crippen LogP contribution is 2.19. The summed E-state index contributed by atoms with van der Waals surface area (Å²) in [7, 11) is 3.67. The molecule has 2 rings (SSSR count). The summed E-state index contributed by atoms with van der Waals surface area (Å²) in [6.45, 7) is 0.584. The van der Waals surface area contributed by atoms with Gasteiger partial charge in [-0.25, -0.2) is 4.98 Å². The molecule has 0 aliphatic heterocycles. The summed E-state index contributed by atoms with van der Waals surface area (Å²) in [6, 6.07) is 12.9. The number of anilines is 1. The standard InChI is InChI=1S/C17H20ClN3O2/c1-20(2)16-11-14(10-15(18)19-16)17(23)21(8-9-22)12-13-6-4-3-5-7-13/h3-7,10-11,22H,8-9,12H2,1-2H3. The lowest BCUT2D eigenvalue weighted by Crippen LogP contribution is -2.33. The lowest BCUT2D eigenvalue weighted by atomic mass is 10.1. The van der Waals surface area contributed by atoms with Gasteiger partial charge < -0.3 is 14.9 Å². The first kappa shape index (κ1) is 17.2. The van der Waals surface area contributed by atoms with E-state index in [9.17, 15) is 9.90 Å². The maximum atomic E-state index is 12.8. The highest BCUT2D eigenvalue weighted by Gasteiger charge is 2.18. The SMILES string of the molecule is CN(C)c1cc(C(=O)N(CCO)Cc2ccccc2)cc(Cl)n1. The molecule has 0 atom stereocenters. The maximum Gasteiger partial charge on any atom is 0.254 e. The van der Waals surface area contributed by atoms with Crippen LogP contribution in [-0.2, 0) is 6.54 Å². The van der Waals surface area contributed by atoms with Gasteiger partial charge >= 0.3 is 0 Å². The summed E-state index contributed by atoms with van der Waals surface area (Å²) in [6.07, 6.45) is 0. The summed E-state index contributed by atoms with van der Waals surface area (Å²) < 4.78 is 0. The average molecular weight is 334 g/mol. The fourth-order valence-electron chi connectivity index (χ4n) is 2.20. The minimum Gasteiger partial charge on any atom is -0.395 e. The van der Waals surface area contributed by atoms with Crippen LogP contribution in [0, 0.1) is 0 Å². The van der Waals surface area contributed by atoms with Crippen molar-refractivity contribution in [2.75, 3.05) is 32.1 Å². The number of nitrogens with zero attached hydrogens (tertiary/aromatic N) is 3. The molecular formula is C17H20ClN3O2. The van der Waals surface area contributed by atoms with Crippen molar-refractivity contribution in [1.29, 1.82) is 0 Å². The lowest BCUT2D eigenvalue weighted by molar-refractivity contribution is 0.0708. The van der Waals surface area contributed by atoms with Crippen molar-refractivity contribution in [2.45, 2.75) is 6.54 Å². The van der Waals surface area contributed by atoms with Crippen molar-refractivity contribution in [3.05, 3.63) is 58.7 Å². The van der Waals surface area contributed by atoms with E-state index >= 15 is 0 Å². The number of carbonyl (C=O) groups is 1. The van der Waals surface area contributed by atoms with Crippen LogP contribution in [0.2, 0.25) is 5.15 Å². The Hall–Kier alpha value is -2.11. The molecule has 0 unspecified atom stereocenters. The minimum absolute atomic E-state index is 0.0993. The van der Waals surface area contributed by atoms with E-state index in [4.69, 9.17) is 11.6 Å². The maximum absolute atomic E-state index is 12.8. The zero-order chi connectivity index (χ0) is 16.8. The van der Waals surface area contributed by atoms with Crippen molar-refractivity contribution in [3.8, 4) is 0 Å². The number of hydrogen-bond acceptors (Lipinski definition) is 4. The van der Waals surface area contributed by atoms with Crippen LogP contribution in [0.25, 0.3) is 0 Å². The Labute approximate surface area is 141 Å². The predicted molar refractivity (Wildman–Crippen MR) is 91.8 cm³/mol. The molecule has 0 spiro atoms. The van der Waals surface area contributed by atoms with Crippen LogP contribution in [0.15, 0.2) is 42.5 Å². The first-order valence-corrected chi connectivity index (χ1v) is 7.68.